The lowest BCUT2D eigenvalue weighted by atomic mass is 10.1. The highest BCUT2D eigenvalue weighted by atomic mass is 16.5. The predicted molar refractivity (Wildman–Crippen MR) is 110 cm³/mol. The monoisotopic (exact) mass is 371 g/mol. The number of ether oxygens (including phenoxy) is 1. The molecule has 0 spiro atoms. The number of hydrazone groups is 1. The van der Waals surface area contributed by atoms with E-state index in [1.165, 1.54) is 5.01 Å². The molecule has 3 aromatic carbocycles. The van der Waals surface area contributed by atoms with Gasteiger partial charge >= 0.3 is 0 Å². The second-order valence-corrected chi connectivity index (χ2v) is 6.60. The summed E-state index contributed by atoms with van der Waals surface area (Å²) in [4.78, 5) is 12.4. The Kier molecular flexibility index (Phi) is 5.17. The van der Waals surface area contributed by atoms with E-state index in [2.05, 4.69) is 5.10 Å². The van der Waals surface area contributed by atoms with Crippen LogP contribution in [0.5, 0.6) is 5.75 Å². The summed E-state index contributed by atoms with van der Waals surface area (Å²) < 4.78 is 5.80. The molecule has 4 rings (SSSR count). The van der Waals surface area contributed by atoms with Crippen molar-refractivity contribution < 1.29 is 9.53 Å². The fourth-order valence-corrected chi connectivity index (χ4v) is 3.05. The van der Waals surface area contributed by atoms with E-state index in [4.69, 9.17) is 10.5 Å². The fourth-order valence-electron chi connectivity index (χ4n) is 3.05. The van der Waals surface area contributed by atoms with Gasteiger partial charge in [-0.15, -0.1) is 0 Å². The fraction of sp³-hybridized carbons (Fsp3) is 0.130. The van der Waals surface area contributed by atoms with E-state index >= 15 is 0 Å². The molecule has 1 amide bonds. The van der Waals surface area contributed by atoms with Crippen molar-refractivity contribution in [3.8, 4) is 5.75 Å². The molecule has 1 heterocycles. The van der Waals surface area contributed by atoms with Crippen molar-refractivity contribution in [3.63, 3.8) is 0 Å². The molecule has 1 aliphatic rings. The summed E-state index contributed by atoms with van der Waals surface area (Å²) in [6.07, 6.45) is 0.286. The van der Waals surface area contributed by atoms with Crippen molar-refractivity contribution in [3.05, 3.63) is 95.6 Å². The van der Waals surface area contributed by atoms with E-state index in [-0.39, 0.29) is 12.3 Å². The Morgan fingerprint density at radius 1 is 0.893 bits per heavy atom. The van der Waals surface area contributed by atoms with Crippen molar-refractivity contribution in [2.75, 3.05) is 5.01 Å². The van der Waals surface area contributed by atoms with Crippen molar-refractivity contribution in [2.45, 2.75) is 19.6 Å². The first-order valence-corrected chi connectivity index (χ1v) is 9.19. The van der Waals surface area contributed by atoms with Gasteiger partial charge in [0.05, 0.1) is 17.8 Å². The average molecular weight is 371 g/mol. The zero-order valence-corrected chi connectivity index (χ0v) is 15.4. The summed E-state index contributed by atoms with van der Waals surface area (Å²) in [7, 11) is 0. The summed E-state index contributed by atoms with van der Waals surface area (Å²) in [5.74, 6) is 0.705. The lowest BCUT2D eigenvalue weighted by Crippen LogP contribution is -2.19. The third kappa shape index (κ3) is 3.94. The second-order valence-electron chi connectivity index (χ2n) is 6.60. The van der Waals surface area contributed by atoms with Crippen LogP contribution in [0.1, 0.15) is 23.1 Å². The van der Waals surface area contributed by atoms with Gasteiger partial charge in [-0.3, -0.25) is 4.79 Å². The van der Waals surface area contributed by atoms with Gasteiger partial charge in [-0.25, -0.2) is 5.01 Å². The van der Waals surface area contributed by atoms with Crippen molar-refractivity contribution >= 4 is 17.3 Å². The van der Waals surface area contributed by atoms with Gasteiger partial charge in [-0.1, -0.05) is 54.6 Å². The summed E-state index contributed by atoms with van der Waals surface area (Å²) in [5, 5.41) is 5.97. The smallest absolute Gasteiger partial charge is 0.253 e. The maximum atomic E-state index is 12.4. The molecular formula is C23H21N3O2. The lowest BCUT2D eigenvalue weighted by molar-refractivity contribution is -0.116. The van der Waals surface area contributed by atoms with Crippen LogP contribution in [0.4, 0.5) is 5.69 Å². The molecule has 0 aliphatic carbocycles. The molecule has 0 bridgehead atoms. The van der Waals surface area contributed by atoms with E-state index in [1.54, 1.807) is 0 Å². The van der Waals surface area contributed by atoms with Crippen LogP contribution < -0.4 is 15.5 Å². The first-order chi connectivity index (χ1) is 13.7. The number of rotatable bonds is 6. The number of nitrogens with two attached hydrogens (primary N) is 1. The number of carbonyl (C=O) groups excluding carboxylic acids is 1. The number of nitrogens with zero attached hydrogens (tertiary/aromatic N) is 2. The summed E-state index contributed by atoms with van der Waals surface area (Å²) in [6.45, 7) is 1.00. The van der Waals surface area contributed by atoms with Crippen LogP contribution in [0.15, 0.2) is 84.0 Å². The van der Waals surface area contributed by atoms with E-state index in [0.29, 0.717) is 13.2 Å². The molecule has 28 heavy (non-hydrogen) atoms. The Balaban J connectivity index is 1.45. The third-order valence-electron chi connectivity index (χ3n) is 4.63. The zero-order chi connectivity index (χ0) is 19.3. The van der Waals surface area contributed by atoms with Crippen molar-refractivity contribution in [1.29, 1.82) is 0 Å². The summed E-state index contributed by atoms with van der Waals surface area (Å²) >= 11 is 0. The maximum absolute atomic E-state index is 12.4. The van der Waals surface area contributed by atoms with Gasteiger partial charge in [-0.2, -0.15) is 5.10 Å². The van der Waals surface area contributed by atoms with Gasteiger partial charge < -0.3 is 10.5 Å². The van der Waals surface area contributed by atoms with Gasteiger partial charge in [0.25, 0.3) is 5.91 Å². The summed E-state index contributed by atoms with van der Waals surface area (Å²) in [6, 6.07) is 25.2. The highest BCUT2D eigenvalue weighted by Gasteiger charge is 2.26. The molecule has 5 heteroatoms. The number of anilines is 1. The topological polar surface area (TPSA) is 67.9 Å². The Morgan fingerprint density at radius 2 is 1.61 bits per heavy atom. The maximum Gasteiger partial charge on any atom is 0.253 e. The molecule has 1 aliphatic heterocycles. The molecule has 0 radical (unpaired) electrons. The van der Waals surface area contributed by atoms with Crippen LogP contribution in [0, 0.1) is 0 Å². The lowest BCUT2D eigenvalue weighted by Gasteiger charge is -2.12. The number of hydrogen-bond donors (Lipinski definition) is 1. The van der Waals surface area contributed by atoms with Gasteiger partial charge in [-0.05, 0) is 41.0 Å². The van der Waals surface area contributed by atoms with Gasteiger partial charge in [0.1, 0.15) is 12.4 Å². The third-order valence-corrected chi connectivity index (χ3v) is 4.63. The first-order valence-electron chi connectivity index (χ1n) is 9.19. The molecule has 0 atom stereocenters. The number of benzene rings is 3. The van der Waals surface area contributed by atoms with Crippen LogP contribution in [0.2, 0.25) is 0 Å². The number of carbonyl (C=O) groups is 1. The molecule has 0 saturated carbocycles. The molecule has 0 aromatic heterocycles. The summed E-state index contributed by atoms with van der Waals surface area (Å²) in [5.41, 5.74) is 10.2. The van der Waals surface area contributed by atoms with Gasteiger partial charge in [0, 0.05) is 6.54 Å². The van der Waals surface area contributed by atoms with Crippen LogP contribution >= 0.6 is 0 Å². The first kappa shape index (κ1) is 17.9. The Morgan fingerprint density at radius 3 is 2.29 bits per heavy atom. The van der Waals surface area contributed by atoms with E-state index in [0.717, 1.165) is 33.8 Å². The highest BCUT2D eigenvalue weighted by molar-refractivity contribution is 6.19. The highest BCUT2D eigenvalue weighted by Crippen LogP contribution is 2.25. The average Bonchev–Trinajstić information content (AvgIpc) is 3.15. The Bertz CT molecular complexity index is 981. The minimum absolute atomic E-state index is 0.0455. The Hall–Kier alpha value is -3.44. The van der Waals surface area contributed by atoms with Crippen LogP contribution in [0.3, 0.4) is 0 Å². The molecular weight excluding hydrogens is 350 g/mol. The minimum Gasteiger partial charge on any atom is -0.489 e. The van der Waals surface area contributed by atoms with Crippen LogP contribution in [-0.2, 0) is 17.9 Å². The van der Waals surface area contributed by atoms with Crippen LogP contribution in [0.25, 0.3) is 0 Å². The zero-order valence-electron chi connectivity index (χ0n) is 15.4. The molecule has 5 nitrogen and oxygen atoms in total. The SMILES string of the molecule is NCc1ccc(C2=NN(c3ccc(OCc4ccccc4)cc3)C(=O)C2)cc1. The normalized spacial score (nSPS) is 13.5. The van der Waals surface area contributed by atoms with Crippen molar-refractivity contribution in [1.82, 2.24) is 0 Å². The molecule has 0 saturated heterocycles. The standard InChI is InChI=1S/C23H21N3O2/c24-15-17-6-8-19(9-7-17)22-14-23(27)26(25-22)20-10-12-21(13-11-20)28-16-18-4-2-1-3-5-18/h1-13H,14-16,24H2. The molecule has 140 valence electrons. The van der Waals surface area contributed by atoms with Crippen molar-refractivity contribution in [2.24, 2.45) is 10.8 Å². The predicted octanol–water partition coefficient (Wildman–Crippen LogP) is 3.87. The Labute approximate surface area is 164 Å². The van der Waals surface area contributed by atoms with Gasteiger partial charge in [0.15, 0.2) is 0 Å². The van der Waals surface area contributed by atoms with E-state index < -0.39 is 0 Å². The molecule has 2 N–H and O–H groups in total. The van der Waals surface area contributed by atoms with E-state index in [9.17, 15) is 4.79 Å². The number of amides is 1. The molecule has 3 aromatic rings. The van der Waals surface area contributed by atoms with Gasteiger partial charge in [0.2, 0.25) is 0 Å². The minimum atomic E-state index is -0.0455. The number of hydrogen-bond acceptors (Lipinski definition) is 4. The second kappa shape index (κ2) is 8.06. The molecule has 0 fully saturated rings. The van der Waals surface area contributed by atoms with Crippen LogP contribution in [-0.4, -0.2) is 11.6 Å². The quantitative estimate of drug-likeness (QED) is 0.715. The van der Waals surface area contributed by atoms with E-state index in [1.807, 2.05) is 78.9 Å². The molecule has 0 unspecified atom stereocenters. The largest absolute Gasteiger partial charge is 0.489 e.